The van der Waals surface area contributed by atoms with Crippen molar-refractivity contribution in [3.05, 3.63) is 39.7 Å². The first kappa shape index (κ1) is 19.1. The largest absolute Gasteiger partial charge is 0.496 e. The molecule has 2 aliphatic heterocycles. The van der Waals surface area contributed by atoms with Crippen LogP contribution in [0.25, 0.3) is 5.57 Å². The predicted octanol–water partition coefficient (Wildman–Crippen LogP) is 4.30. The molecule has 2 bridgehead atoms. The molecule has 0 aliphatic carbocycles. The van der Waals surface area contributed by atoms with E-state index in [-0.39, 0.29) is 23.4 Å². The van der Waals surface area contributed by atoms with E-state index in [1.165, 1.54) is 13.2 Å². The Hall–Kier alpha value is -2.64. The van der Waals surface area contributed by atoms with Crippen LogP contribution < -0.4 is 4.74 Å². The van der Waals surface area contributed by atoms with E-state index in [4.69, 9.17) is 9.47 Å². The smallest absolute Gasteiger partial charge is 0.411 e. The van der Waals surface area contributed by atoms with Crippen molar-refractivity contribution in [1.82, 2.24) is 4.90 Å². The molecule has 0 N–H and O–H groups in total. The number of carbonyl (C=O) groups excluding carboxylic acids is 1. The second-order valence-electron chi connectivity index (χ2n) is 7.82. The van der Waals surface area contributed by atoms with Gasteiger partial charge in [-0.2, -0.15) is 4.39 Å². The lowest BCUT2D eigenvalue weighted by molar-refractivity contribution is -0.387. The van der Waals surface area contributed by atoms with Crippen LogP contribution in [0.5, 0.6) is 5.75 Å². The Balaban J connectivity index is 1.97. The molecule has 0 spiro atoms. The molecule has 8 heteroatoms. The summed E-state index contributed by atoms with van der Waals surface area (Å²) in [6, 6.07) is 2.15. The Kier molecular flexibility index (Phi) is 4.84. The van der Waals surface area contributed by atoms with E-state index in [1.54, 1.807) is 31.7 Å². The van der Waals surface area contributed by atoms with E-state index in [1.807, 2.05) is 0 Å². The fourth-order valence-electron chi connectivity index (χ4n) is 3.77. The highest BCUT2D eigenvalue weighted by molar-refractivity contribution is 5.78. The lowest BCUT2D eigenvalue weighted by Crippen LogP contribution is -2.45. The molecular weight excluding hydrogens is 355 g/mol. The van der Waals surface area contributed by atoms with Crippen molar-refractivity contribution >= 4 is 17.4 Å². The number of hydrogen-bond acceptors (Lipinski definition) is 5. The Labute approximate surface area is 156 Å². The van der Waals surface area contributed by atoms with Gasteiger partial charge >= 0.3 is 11.8 Å². The predicted molar refractivity (Wildman–Crippen MR) is 97.1 cm³/mol. The van der Waals surface area contributed by atoms with Crippen LogP contribution in [0.4, 0.5) is 14.9 Å². The van der Waals surface area contributed by atoms with E-state index in [0.29, 0.717) is 12.0 Å². The number of hydrogen-bond donors (Lipinski definition) is 0. The minimum atomic E-state index is -0.907. The van der Waals surface area contributed by atoms with Gasteiger partial charge in [0.2, 0.25) is 5.82 Å². The molecular formula is C19H23FN2O5. The van der Waals surface area contributed by atoms with Crippen molar-refractivity contribution in [2.24, 2.45) is 0 Å². The average Bonchev–Trinajstić information content (AvgIpc) is 2.83. The average molecular weight is 378 g/mol. The molecule has 1 saturated heterocycles. The number of carbonyl (C=O) groups is 1. The van der Waals surface area contributed by atoms with Gasteiger partial charge in [-0.15, -0.1) is 0 Å². The fourth-order valence-corrected chi connectivity index (χ4v) is 3.77. The highest BCUT2D eigenvalue weighted by atomic mass is 19.1. The fraction of sp³-hybridized carbons (Fsp3) is 0.526. The van der Waals surface area contributed by atoms with Gasteiger partial charge in [0.15, 0.2) is 0 Å². The lowest BCUT2D eigenvalue weighted by Gasteiger charge is -2.35. The number of nitro groups is 1. The summed E-state index contributed by atoms with van der Waals surface area (Å²) in [4.78, 5) is 24.6. The molecule has 2 atom stereocenters. The number of amides is 1. The first-order valence-corrected chi connectivity index (χ1v) is 8.85. The van der Waals surface area contributed by atoms with E-state index < -0.39 is 28.1 Å². The van der Waals surface area contributed by atoms with Crippen LogP contribution in [0.1, 0.15) is 45.6 Å². The zero-order chi connectivity index (χ0) is 19.9. The van der Waals surface area contributed by atoms with Crippen molar-refractivity contribution in [1.29, 1.82) is 0 Å². The molecule has 1 aromatic carbocycles. The highest BCUT2D eigenvalue weighted by Crippen LogP contribution is 2.43. The molecule has 146 valence electrons. The van der Waals surface area contributed by atoms with Crippen molar-refractivity contribution in [2.45, 2.75) is 57.7 Å². The van der Waals surface area contributed by atoms with Crippen LogP contribution >= 0.6 is 0 Å². The van der Waals surface area contributed by atoms with Gasteiger partial charge in [-0.1, -0.05) is 6.08 Å². The molecule has 2 heterocycles. The minimum absolute atomic E-state index is 0.104. The standard InChI is InChI=1S/C19H23FN2O5/c1-19(2,3)27-18(23)21-12-5-6-13(21)10-11(9-12)16-15(26-4)8-7-14(17(16)20)22(24)25/h7-9,12-13H,5-6,10H2,1-4H3. The maximum Gasteiger partial charge on any atom is 0.411 e. The molecule has 1 amide bonds. The van der Waals surface area contributed by atoms with Gasteiger partial charge < -0.3 is 9.47 Å². The Bertz CT molecular complexity index is 815. The van der Waals surface area contributed by atoms with Crippen molar-refractivity contribution in [2.75, 3.05) is 7.11 Å². The van der Waals surface area contributed by atoms with E-state index in [0.717, 1.165) is 18.9 Å². The number of methoxy groups -OCH3 is 1. The van der Waals surface area contributed by atoms with Crippen LogP contribution in [-0.2, 0) is 4.74 Å². The van der Waals surface area contributed by atoms with Crippen LogP contribution in [0, 0.1) is 15.9 Å². The zero-order valence-electron chi connectivity index (χ0n) is 15.8. The Morgan fingerprint density at radius 2 is 2.04 bits per heavy atom. The Morgan fingerprint density at radius 1 is 1.33 bits per heavy atom. The Morgan fingerprint density at radius 3 is 2.59 bits per heavy atom. The minimum Gasteiger partial charge on any atom is -0.496 e. The number of nitrogens with zero attached hydrogens (tertiary/aromatic N) is 2. The second kappa shape index (κ2) is 6.83. The SMILES string of the molecule is COc1ccc([N+](=O)[O-])c(F)c1C1=CC2CCC(C1)N2C(=O)OC(C)(C)C. The molecule has 1 fully saturated rings. The number of nitro benzene ring substituents is 1. The maximum atomic E-state index is 14.8. The van der Waals surface area contributed by atoms with Crippen molar-refractivity contribution < 1.29 is 23.6 Å². The first-order valence-electron chi connectivity index (χ1n) is 8.85. The summed E-state index contributed by atoms with van der Waals surface area (Å²) in [6.45, 7) is 5.42. The van der Waals surface area contributed by atoms with Gasteiger partial charge in [0.05, 0.1) is 23.6 Å². The van der Waals surface area contributed by atoms with Gasteiger partial charge in [-0.05, 0) is 51.7 Å². The summed E-state index contributed by atoms with van der Waals surface area (Å²) >= 11 is 0. The third kappa shape index (κ3) is 3.61. The quantitative estimate of drug-likeness (QED) is 0.579. The third-order valence-electron chi connectivity index (χ3n) is 4.82. The number of ether oxygens (including phenoxy) is 2. The van der Waals surface area contributed by atoms with Crippen LogP contribution in [0.3, 0.4) is 0 Å². The molecule has 2 aliphatic rings. The summed E-state index contributed by atoms with van der Waals surface area (Å²) in [5.74, 6) is -0.662. The molecule has 7 nitrogen and oxygen atoms in total. The van der Waals surface area contributed by atoms with Crippen LogP contribution in [0.15, 0.2) is 18.2 Å². The number of halogens is 1. The monoisotopic (exact) mass is 378 g/mol. The number of fused-ring (bicyclic) bond motifs is 2. The summed E-state index contributed by atoms with van der Waals surface area (Å²) in [5.41, 5.74) is -0.461. The number of benzene rings is 1. The summed E-state index contributed by atoms with van der Waals surface area (Å²) in [7, 11) is 1.40. The topological polar surface area (TPSA) is 81.9 Å². The molecule has 0 aromatic heterocycles. The number of rotatable bonds is 3. The van der Waals surface area contributed by atoms with E-state index in [2.05, 4.69) is 0 Å². The highest BCUT2D eigenvalue weighted by Gasteiger charge is 2.42. The van der Waals surface area contributed by atoms with Gasteiger partial charge in [0, 0.05) is 12.1 Å². The van der Waals surface area contributed by atoms with Gasteiger partial charge in [-0.3, -0.25) is 15.0 Å². The lowest BCUT2D eigenvalue weighted by atomic mass is 9.93. The van der Waals surface area contributed by atoms with E-state index in [9.17, 15) is 19.3 Å². The van der Waals surface area contributed by atoms with Crippen LogP contribution in [0.2, 0.25) is 0 Å². The molecule has 0 radical (unpaired) electrons. The van der Waals surface area contributed by atoms with Gasteiger partial charge in [0.1, 0.15) is 11.4 Å². The molecule has 1 aromatic rings. The zero-order valence-corrected chi connectivity index (χ0v) is 15.8. The first-order chi connectivity index (χ1) is 12.6. The van der Waals surface area contributed by atoms with Crippen molar-refractivity contribution in [3.63, 3.8) is 0 Å². The molecule has 3 rings (SSSR count). The summed E-state index contributed by atoms with van der Waals surface area (Å²) in [5, 5.41) is 11.1. The van der Waals surface area contributed by atoms with Crippen LogP contribution in [-0.4, -0.2) is 40.7 Å². The third-order valence-corrected chi connectivity index (χ3v) is 4.82. The molecule has 27 heavy (non-hydrogen) atoms. The van der Waals surface area contributed by atoms with Gasteiger partial charge in [0.25, 0.3) is 0 Å². The normalized spacial score (nSPS) is 21.7. The summed E-state index contributed by atoms with van der Waals surface area (Å²) < 4.78 is 25.6. The molecule has 2 unspecified atom stereocenters. The van der Waals surface area contributed by atoms with E-state index >= 15 is 0 Å². The molecule has 0 saturated carbocycles. The second-order valence-corrected chi connectivity index (χ2v) is 7.82. The summed E-state index contributed by atoms with van der Waals surface area (Å²) in [6.07, 6.45) is 3.31. The maximum absolute atomic E-state index is 14.8. The van der Waals surface area contributed by atoms with Crippen molar-refractivity contribution in [3.8, 4) is 5.75 Å². The van der Waals surface area contributed by atoms with Gasteiger partial charge in [-0.25, -0.2) is 4.79 Å².